The number of H-pyrrole nitrogens is 1. The number of hydrogen-bond donors (Lipinski definition) is 1. The molecule has 4 rings (SSSR count). The second-order valence-corrected chi connectivity index (χ2v) is 6.84. The summed E-state index contributed by atoms with van der Waals surface area (Å²) in [5.74, 6) is 0.760. The molecule has 142 valence electrons. The number of allylic oxidation sites excluding steroid dienone is 1. The number of halogens is 2. The highest BCUT2D eigenvalue weighted by Crippen LogP contribution is 2.22. The molecule has 0 amide bonds. The van der Waals surface area contributed by atoms with E-state index < -0.39 is 0 Å². The lowest BCUT2D eigenvalue weighted by atomic mass is 10.1. The third kappa shape index (κ3) is 4.45. The number of ether oxygens (including phenoxy) is 1. The van der Waals surface area contributed by atoms with Gasteiger partial charge in [0.25, 0.3) is 0 Å². The van der Waals surface area contributed by atoms with Crippen LogP contribution in [0.4, 0.5) is 4.39 Å². The lowest BCUT2D eigenvalue weighted by molar-refractivity contribution is 0.306. The van der Waals surface area contributed by atoms with Gasteiger partial charge in [0, 0.05) is 5.02 Å². The third-order valence-corrected chi connectivity index (χ3v) is 4.58. The SMILES string of the molecule is N#C/C(=C/c1ccc(OCc2ccc(Cl)cc2)cc1)c1nc2ccc(F)cc2[nH]1. The van der Waals surface area contributed by atoms with Gasteiger partial charge in [0.2, 0.25) is 0 Å². The Kier molecular flexibility index (Phi) is 5.28. The number of imidazole rings is 1. The molecule has 0 unspecified atom stereocenters. The fourth-order valence-corrected chi connectivity index (χ4v) is 2.96. The summed E-state index contributed by atoms with van der Waals surface area (Å²) in [5, 5.41) is 10.2. The van der Waals surface area contributed by atoms with Gasteiger partial charge >= 0.3 is 0 Å². The molecule has 3 aromatic carbocycles. The zero-order chi connectivity index (χ0) is 20.2. The van der Waals surface area contributed by atoms with Gasteiger partial charge < -0.3 is 9.72 Å². The number of nitrogens with one attached hydrogen (secondary N) is 1. The minimum absolute atomic E-state index is 0.357. The Morgan fingerprint density at radius 3 is 2.59 bits per heavy atom. The van der Waals surface area contributed by atoms with Crippen molar-refractivity contribution in [2.24, 2.45) is 0 Å². The molecule has 4 aromatic rings. The van der Waals surface area contributed by atoms with Gasteiger partial charge in [-0.15, -0.1) is 0 Å². The van der Waals surface area contributed by atoms with Crippen LogP contribution in [0, 0.1) is 17.1 Å². The van der Waals surface area contributed by atoms with E-state index in [9.17, 15) is 9.65 Å². The Morgan fingerprint density at radius 2 is 1.86 bits per heavy atom. The van der Waals surface area contributed by atoms with Gasteiger partial charge in [0.15, 0.2) is 0 Å². The number of nitriles is 1. The van der Waals surface area contributed by atoms with Crippen LogP contribution in [0.5, 0.6) is 5.75 Å². The molecule has 0 atom stereocenters. The van der Waals surface area contributed by atoms with E-state index in [4.69, 9.17) is 16.3 Å². The van der Waals surface area contributed by atoms with Crippen molar-refractivity contribution < 1.29 is 9.13 Å². The zero-order valence-corrected chi connectivity index (χ0v) is 15.9. The molecule has 0 aliphatic carbocycles. The number of benzene rings is 3. The van der Waals surface area contributed by atoms with E-state index in [0.717, 1.165) is 16.9 Å². The molecular formula is C23H15ClFN3O. The van der Waals surface area contributed by atoms with Gasteiger partial charge in [-0.25, -0.2) is 9.37 Å². The first-order chi connectivity index (χ1) is 14.1. The predicted octanol–water partition coefficient (Wildman–Crippen LogP) is 6.00. The Bertz CT molecular complexity index is 1220. The van der Waals surface area contributed by atoms with Crippen molar-refractivity contribution in [3.8, 4) is 11.8 Å². The van der Waals surface area contributed by atoms with E-state index in [0.29, 0.717) is 34.1 Å². The molecule has 4 nitrogen and oxygen atoms in total. The summed E-state index contributed by atoms with van der Waals surface area (Å²) in [6.07, 6.45) is 1.72. The van der Waals surface area contributed by atoms with Crippen LogP contribution in [0.15, 0.2) is 66.7 Å². The van der Waals surface area contributed by atoms with Crippen molar-refractivity contribution in [1.29, 1.82) is 5.26 Å². The van der Waals surface area contributed by atoms with Gasteiger partial charge in [-0.05, 0) is 59.7 Å². The van der Waals surface area contributed by atoms with Crippen LogP contribution in [0.25, 0.3) is 22.7 Å². The normalized spacial score (nSPS) is 11.4. The summed E-state index contributed by atoms with van der Waals surface area (Å²) >= 11 is 5.88. The van der Waals surface area contributed by atoms with Crippen LogP contribution >= 0.6 is 11.6 Å². The van der Waals surface area contributed by atoms with Gasteiger partial charge in [-0.3, -0.25) is 0 Å². The van der Waals surface area contributed by atoms with E-state index in [1.165, 1.54) is 12.1 Å². The first-order valence-corrected chi connectivity index (χ1v) is 9.23. The summed E-state index contributed by atoms with van der Waals surface area (Å²) in [6, 6.07) is 21.3. The molecule has 0 aliphatic rings. The molecule has 0 saturated carbocycles. The quantitative estimate of drug-likeness (QED) is 0.416. The maximum Gasteiger partial charge on any atom is 0.149 e. The van der Waals surface area contributed by atoms with Crippen LogP contribution in [0.2, 0.25) is 5.02 Å². The highest BCUT2D eigenvalue weighted by Gasteiger charge is 2.09. The van der Waals surface area contributed by atoms with Crippen LogP contribution in [-0.2, 0) is 6.61 Å². The Hall–Kier alpha value is -3.62. The molecule has 1 heterocycles. The van der Waals surface area contributed by atoms with Crippen LogP contribution in [0.1, 0.15) is 17.0 Å². The average molecular weight is 404 g/mol. The standard InChI is InChI=1S/C23H15ClFN3O/c24-18-5-1-16(2-6-18)14-29-20-8-3-15(4-9-20)11-17(13-26)23-27-21-10-7-19(25)12-22(21)28-23/h1-12H,14H2,(H,27,28)/b17-11-. The molecule has 0 spiro atoms. The van der Waals surface area contributed by atoms with E-state index >= 15 is 0 Å². The van der Waals surface area contributed by atoms with Gasteiger partial charge in [0.05, 0.1) is 16.6 Å². The zero-order valence-electron chi connectivity index (χ0n) is 15.2. The average Bonchev–Trinajstić information content (AvgIpc) is 3.15. The van der Waals surface area contributed by atoms with Gasteiger partial charge in [0.1, 0.15) is 30.1 Å². The second-order valence-electron chi connectivity index (χ2n) is 6.40. The minimum Gasteiger partial charge on any atom is -0.489 e. The van der Waals surface area contributed by atoms with Gasteiger partial charge in [-0.1, -0.05) is 35.9 Å². The molecule has 1 N–H and O–H groups in total. The van der Waals surface area contributed by atoms with E-state index in [-0.39, 0.29) is 5.82 Å². The van der Waals surface area contributed by atoms with Crippen LogP contribution in [-0.4, -0.2) is 9.97 Å². The van der Waals surface area contributed by atoms with E-state index in [1.54, 1.807) is 12.1 Å². The fourth-order valence-electron chi connectivity index (χ4n) is 2.84. The molecule has 0 fully saturated rings. The van der Waals surface area contributed by atoms with Crippen LogP contribution in [0.3, 0.4) is 0 Å². The molecule has 0 radical (unpaired) electrons. The predicted molar refractivity (Wildman–Crippen MR) is 112 cm³/mol. The number of hydrogen-bond acceptors (Lipinski definition) is 3. The maximum atomic E-state index is 13.4. The number of aromatic amines is 1. The van der Waals surface area contributed by atoms with Crippen molar-refractivity contribution in [2.45, 2.75) is 6.61 Å². The Labute approximate surface area is 171 Å². The summed E-state index contributed by atoms with van der Waals surface area (Å²) in [4.78, 5) is 7.35. The maximum absolute atomic E-state index is 13.4. The van der Waals surface area contributed by atoms with Crippen molar-refractivity contribution in [3.05, 3.63) is 94.5 Å². The topological polar surface area (TPSA) is 61.7 Å². The molecule has 29 heavy (non-hydrogen) atoms. The van der Waals surface area contributed by atoms with Crippen LogP contribution < -0.4 is 4.74 Å². The molecule has 6 heteroatoms. The largest absolute Gasteiger partial charge is 0.489 e. The third-order valence-electron chi connectivity index (χ3n) is 4.33. The number of nitrogens with zero attached hydrogens (tertiary/aromatic N) is 2. The fraction of sp³-hybridized carbons (Fsp3) is 0.0435. The summed E-state index contributed by atoms with van der Waals surface area (Å²) in [5.41, 5.74) is 3.36. The lowest BCUT2D eigenvalue weighted by Crippen LogP contribution is -1.94. The second kappa shape index (κ2) is 8.17. The van der Waals surface area contributed by atoms with Crippen molar-refractivity contribution in [2.75, 3.05) is 0 Å². The lowest BCUT2D eigenvalue weighted by Gasteiger charge is -2.06. The van der Waals surface area contributed by atoms with Gasteiger partial charge in [-0.2, -0.15) is 5.26 Å². The van der Waals surface area contributed by atoms with Crippen molar-refractivity contribution in [3.63, 3.8) is 0 Å². The number of rotatable bonds is 5. The summed E-state index contributed by atoms with van der Waals surface area (Å²) < 4.78 is 19.1. The highest BCUT2D eigenvalue weighted by molar-refractivity contribution is 6.30. The Morgan fingerprint density at radius 1 is 1.10 bits per heavy atom. The Balaban J connectivity index is 1.50. The van der Waals surface area contributed by atoms with E-state index in [1.807, 2.05) is 48.5 Å². The summed E-state index contributed by atoms with van der Waals surface area (Å²) in [6.45, 7) is 0.436. The first kappa shape index (κ1) is 18.7. The monoisotopic (exact) mass is 403 g/mol. The molecule has 0 aliphatic heterocycles. The number of aromatic nitrogens is 2. The molecule has 1 aromatic heterocycles. The molecule has 0 bridgehead atoms. The minimum atomic E-state index is -0.357. The first-order valence-electron chi connectivity index (χ1n) is 8.85. The molecule has 0 saturated heterocycles. The number of fused-ring (bicyclic) bond motifs is 1. The van der Waals surface area contributed by atoms with Crippen molar-refractivity contribution >= 4 is 34.3 Å². The highest BCUT2D eigenvalue weighted by atomic mass is 35.5. The summed E-state index contributed by atoms with van der Waals surface area (Å²) in [7, 11) is 0. The smallest absolute Gasteiger partial charge is 0.149 e. The van der Waals surface area contributed by atoms with E-state index in [2.05, 4.69) is 16.0 Å². The molecular weight excluding hydrogens is 389 g/mol. The van der Waals surface area contributed by atoms with Crippen molar-refractivity contribution in [1.82, 2.24) is 9.97 Å².